The number of carbonyl (C=O) groups excluding carboxylic acids is 1. The monoisotopic (exact) mass is 310 g/mol. The Hall–Kier alpha value is -1.24. The molecule has 0 aliphatic carbocycles. The van der Waals surface area contributed by atoms with E-state index in [1.165, 1.54) is 12.0 Å². The van der Waals surface area contributed by atoms with Crippen LogP contribution < -0.4 is 5.32 Å². The lowest BCUT2D eigenvalue weighted by atomic mass is 10.2. The number of nitrogens with one attached hydrogen (secondary N) is 1. The van der Waals surface area contributed by atoms with Gasteiger partial charge in [-0.3, -0.25) is 4.79 Å². The van der Waals surface area contributed by atoms with Gasteiger partial charge in [0.2, 0.25) is 0 Å². The highest BCUT2D eigenvalue weighted by Gasteiger charge is 2.12. The van der Waals surface area contributed by atoms with Crippen LogP contribution in [-0.4, -0.2) is 18.1 Å². The number of aromatic nitrogens is 1. The predicted molar refractivity (Wildman–Crippen MR) is 82.0 cm³/mol. The number of thiophene rings is 1. The lowest BCUT2D eigenvalue weighted by Crippen LogP contribution is -2.19. The molecule has 0 spiro atoms. The van der Waals surface area contributed by atoms with Gasteiger partial charge >= 0.3 is 5.97 Å². The van der Waals surface area contributed by atoms with Gasteiger partial charge in [-0.15, -0.1) is 22.7 Å². The van der Waals surface area contributed by atoms with Crippen molar-refractivity contribution in [1.82, 2.24) is 10.3 Å². The molecule has 4 nitrogen and oxygen atoms in total. The molecular weight excluding hydrogens is 292 g/mol. The lowest BCUT2D eigenvalue weighted by molar-refractivity contribution is -0.139. The van der Waals surface area contributed by atoms with Gasteiger partial charge in [0.25, 0.3) is 0 Å². The molecule has 0 aromatic carbocycles. The Labute approximate surface area is 126 Å². The minimum absolute atomic E-state index is 0.194. The molecule has 2 aromatic rings. The number of ether oxygens (including phenoxy) is 1. The molecular formula is C14H18N2O2S2. The molecule has 2 heterocycles. The highest BCUT2D eigenvalue weighted by atomic mass is 32.1. The van der Waals surface area contributed by atoms with Gasteiger partial charge in [0.05, 0.1) is 19.6 Å². The first-order valence-corrected chi connectivity index (χ1v) is 8.19. The van der Waals surface area contributed by atoms with Crippen LogP contribution in [0.3, 0.4) is 0 Å². The van der Waals surface area contributed by atoms with E-state index in [1.807, 2.05) is 17.6 Å². The molecule has 0 amide bonds. The van der Waals surface area contributed by atoms with Crippen molar-refractivity contribution < 1.29 is 9.53 Å². The number of hydrogen-bond donors (Lipinski definition) is 1. The molecule has 2 rings (SSSR count). The van der Waals surface area contributed by atoms with E-state index in [4.69, 9.17) is 0 Å². The van der Waals surface area contributed by atoms with Crippen molar-refractivity contribution in [2.45, 2.75) is 32.4 Å². The minimum Gasteiger partial charge on any atom is -0.469 e. The quantitative estimate of drug-likeness (QED) is 0.798. The van der Waals surface area contributed by atoms with Gasteiger partial charge in [0.1, 0.15) is 5.01 Å². The Morgan fingerprint density at radius 2 is 2.25 bits per heavy atom. The fraction of sp³-hybridized carbons (Fsp3) is 0.429. The Kier molecular flexibility index (Phi) is 5.70. The summed E-state index contributed by atoms with van der Waals surface area (Å²) in [5, 5.41) is 6.63. The van der Waals surface area contributed by atoms with E-state index in [0.29, 0.717) is 12.5 Å². The second kappa shape index (κ2) is 7.52. The summed E-state index contributed by atoms with van der Waals surface area (Å²) in [5.41, 5.74) is 0. The van der Waals surface area contributed by atoms with Gasteiger partial charge in [0.15, 0.2) is 0 Å². The second-order valence-electron chi connectivity index (χ2n) is 4.33. The predicted octanol–water partition coefficient (Wildman–Crippen LogP) is 3.16. The zero-order valence-electron chi connectivity index (χ0n) is 11.6. The summed E-state index contributed by atoms with van der Waals surface area (Å²) in [7, 11) is 1.41. The number of thiazole rings is 1. The average molecular weight is 310 g/mol. The summed E-state index contributed by atoms with van der Waals surface area (Å²) in [4.78, 5) is 17.8. The van der Waals surface area contributed by atoms with Gasteiger partial charge in [0, 0.05) is 27.9 Å². The molecule has 108 valence electrons. The van der Waals surface area contributed by atoms with Crippen molar-refractivity contribution in [2.24, 2.45) is 0 Å². The first-order valence-electron chi connectivity index (χ1n) is 6.50. The summed E-state index contributed by atoms with van der Waals surface area (Å²) in [6.07, 6.45) is 3.20. The molecule has 0 bridgehead atoms. The first-order chi connectivity index (χ1) is 9.72. The van der Waals surface area contributed by atoms with Crippen molar-refractivity contribution in [3.05, 3.63) is 38.5 Å². The van der Waals surface area contributed by atoms with Gasteiger partial charge in [-0.2, -0.15) is 0 Å². The van der Waals surface area contributed by atoms with Crippen LogP contribution in [0.4, 0.5) is 0 Å². The fourth-order valence-corrected chi connectivity index (χ4v) is 3.61. The summed E-state index contributed by atoms with van der Waals surface area (Å²) in [6, 6.07) is 4.34. The normalized spacial score (nSPS) is 12.3. The second-order valence-corrected chi connectivity index (χ2v) is 6.51. The molecule has 0 aliphatic rings. The molecule has 1 unspecified atom stereocenters. The van der Waals surface area contributed by atoms with E-state index in [9.17, 15) is 4.79 Å². The highest BCUT2D eigenvalue weighted by molar-refractivity contribution is 7.12. The van der Waals surface area contributed by atoms with Gasteiger partial charge in [-0.1, -0.05) is 6.92 Å². The topological polar surface area (TPSA) is 51.2 Å². The van der Waals surface area contributed by atoms with Crippen LogP contribution in [0.5, 0.6) is 0 Å². The van der Waals surface area contributed by atoms with E-state index in [-0.39, 0.29) is 5.97 Å². The van der Waals surface area contributed by atoms with Crippen molar-refractivity contribution in [3.63, 3.8) is 0 Å². The molecule has 0 saturated heterocycles. The number of carbonyl (C=O) groups is 1. The van der Waals surface area contributed by atoms with Gasteiger partial charge in [-0.05, 0) is 18.6 Å². The maximum atomic E-state index is 11.2. The molecule has 1 atom stereocenters. The third-order valence-electron chi connectivity index (χ3n) is 2.94. The number of hydrogen-bond acceptors (Lipinski definition) is 6. The minimum atomic E-state index is -0.194. The van der Waals surface area contributed by atoms with Crippen LogP contribution in [0.2, 0.25) is 0 Å². The molecule has 0 radical (unpaired) electrons. The number of esters is 1. The number of methoxy groups -OCH3 is 1. The zero-order chi connectivity index (χ0) is 14.4. The first kappa shape index (κ1) is 15.2. The van der Waals surface area contributed by atoms with Crippen LogP contribution in [0.1, 0.15) is 34.1 Å². The van der Waals surface area contributed by atoms with E-state index in [1.54, 1.807) is 22.7 Å². The smallest absolute Gasteiger partial charge is 0.310 e. The van der Waals surface area contributed by atoms with Crippen molar-refractivity contribution >= 4 is 28.6 Å². The van der Waals surface area contributed by atoms with Crippen LogP contribution in [0.25, 0.3) is 0 Å². The molecule has 1 N–H and O–H groups in total. The van der Waals surface area contributed by atoms with Crippen molar-refractivity contribution in [1.29, 1.82) is 0 Å². The molecule has 2 aromatic heterocycles. The maximum absolute atomic E-state index is 11.2. The lowest BCUT2D eigenvalue weighted by Gasteiger charge is -2.13. The van der Waals surface area contributed by atoms with Crippen molar-refractivity contribution in [2.75, 3.05) is 7.11 Å². The fourth-order valence-electron chi connectivity index (χ4n) is 1.86. The molecule has 20 heavy (non-hydrogen) atoms. The summed E-state index contributed by atoms with van der Waals surface area (Å²) < 4.78 is 4.67. The molecule has 0 saturated carbocycles. The van der Waals surface area contributed by atoms with Crippen LogP contribution >= 0.6 is 22.7 Å². The standard InChI is InChI=1S/C14H18N2O2S2/c1-3-12(14-15-6-7-19-14)16-9-11-5-4-10(20-11)8-13(17)18-2/h4-7,12,16H,3,8-9H2,1-2H3. The van der Waals surface area contributed by atoms with E-state index >= 15 is 0 Å². The third-order valence-corrected chi connectivity index (χ3v) is 4.92. The average Bonchev–Trinajstić information content (AvgIpc) is 3.11. The number of nitrogens with zero attached hydrogens (tertiary/aromatic N) is 1. The summed E-state index contributed by atoms with van der Waals surface area (Å²) in [6.45, 7) is 2.94. The number of rotatable bonds is 7. The largest absolute Gasteiger partial charge is 0.469 e. The Morgan fingerprint density at radius 1 is 1.45 bits per heavy atom. The van der Waals surface area contributed by atoms with Gasteiger partial charge < -0.3 is 10.1 Å². The zero-order valence-corrected chi connectivity index (χ0v) is 13.2. The molecule has 6 heteroatoms. The Balaban J connectivity index is 1.89. The Morgan fingerprint density at radius 3 is 2.90 bits per heavy atom. The van der Waals surface area contributed by atoms with E-state index in [0.717, 1.165) is 22.9 Å². The summed E-state index contributed by atoms with van der Waals surface area (Å²) in [5.74, 6) is -0.194. The van der Waals surface area contributed by atoms with Crippen LogP contribution in [0.15, 0.2) is 23.7 Å². The van der Waals surface area contributed by atoms with Gasteiger partial charge in [-0.25, -0.2) is 4.98 Å². The van der Waals surface area contributed by atoms with Crippen LogP contribution in [0, 0.1) is 0 Å². The maximum Gasteiger partial charge on any atom is 0.310 e. The molecule has 0 fully saturated rings. The third kappa shape index (κ3) is 4.13. The SMILES string of the molecule is CCC(NCc1ccc(CC(=O)OC)s1)c1nccs1. The van der Waals surface area contributed by atoms with E-state index < -0.39 is 0 Å². The summed E-state index contributed by atoms with van der Waals surface area (Å²) >= 11 is 3.32. The molecule has 0 aliphatic heterocycles. The van der Waals surface area contributed by atoms with E-state index in [2.05, 4.69) is 28.0 Å². The van der Waals surface area contributed by atoms with Crippen molar-refractivity contribution in [3.8, 4) is 0 Å². The Bertz CT molecular complexity index is 537. The highest BCUT2D eigenvalue weighted by Crippen LogP contribution is 2.22. The van der Waals surface area contributed by atoms with Crippen LogP contribution in [-0.2, 0) is 22.5 Å².